The first-order chi connectivity index (χ1) is 30.0. The minimum atomic E-state index is -0.160. The van der Waals surface area contributed by atoms with Crippen molar-refractivity contribution >= 4 is 44.6 Å². The smallest absolute Gasteiger partial charge is 0.135 e. The number of ether oxygens (including phenoxy) is 1. The molecule has 1 aliphatic heterocycles. The molecule has 5 nitrogen and oxygen atoms in total. The van der Waals surface area contributed by atoms with Gasteiger partial charge >= 0.3 is 0 Å². The number of fused-ring (bicyclic) bond motifs is 4. The molecule has 9 aromatic rings. The number of aromatic nitrogens is 2. The van der Waals surface area contributed by atoms with Crippen LogP contribution in [0.3, 0.4) is 0 Å². The second-order valence-corrected chi connectivity index (χ2v) is 18.1. The third-order valence-electron chi connectivity index (χ3n) is 11.9. The molecule has 0 amide bonds. The van der Waals surface area contributed by atoms with Crippen molar-refractivity contribution in [2.45, 2.75) is 52.4 Å². The van der Waals surface area contributed by atoms with E-state index < -0.39 is 0 Å². The Morgan fingerprint density at radius 1 is 0.571 bits per heavy atom. The molecule has 10 rings (SSSR count). The number of hydrogen-bond acceptors (Lipinski definition) is 4. The van der Waals surface area contributed by atoms with E-state index in [-0.39, 0.29) is 31.9 Å². The van der Waals surface area contributed by atoms with Crippen molar-refractivity contribution in [1.29, 1.82) is 0 Å². The van der Waals surface area contributed by atoms with E-state index in [9.17, 15) is 0 Å². The van der Waals surface area contributed by atoms with Crippen LogP contribution in [-0.4, -0.2) is 16.1 Å². The van der Waals surface area contributed by atoms with Crippen molar-refractivity contribution in [2.75, 3.05) is 16.3 Å². The zero-order chi connectivity index (χ0) is 42.6. The standard InChI is InChI=1S/C57H49N4O.Pt/c1-56(2,3)41-30-31-58-54(36-41)61-50-25-14-13-22-48(50)49-29-28-44(38-53(49)61)62-45-35-42(57(4,5)6)34-43(37-45)59-32-33-60(52-27-16-15-26-51(52)59)55-46(39-18-9-7-10-19-39)23-17-24-47(55)40-20-11-8-12-21-40;/h7-32,34-36H,33H2,1-6H3;/q-3;. The molecular formula is C57H49N4OPt-3. The Kier molecular flexibility index (Phi) is 11.1. The van der Waals surface area contributed by atoms with Gasteiger partial charge in [0.05, 0.1) is 11.4 Å². The Morgan fingerprint density at radius 3 is 1.89 bits per heavy atom. The second-order valence-electron chi connectivity index (χ2n) is 18.1. The molecule has 316 valence electrons. The van der Waals surface area contributed by atoms with Crippen LogP contribution in [0, 0.1) is 18.7 Å². The first-order valence-corrected chi connectivity index (χ1v) is 21.4. The fourth-order valence-corrected chi connectivity index (χ4v) is 8.68. The molecule has 1 aliphatic rings. The molecule has 0 bridgehead atoms. The summed E-state index contributed by atoms with van der Waals surface area (Å²) in [6.07, 6.45) is 1.91. The molecule has 63 heavy (non-hydrogen) atoms. The molecule has 0 N–H and O–H groups in total. The Hall–Kier alpha value is -6.42. The molecule has 0 radical (unpaired) electrons. The van der Waals surface area contributed by atoms with Gasteiger partial charge in [-0.15, -0.1) is 47.0 Å². The van der Waals surface area contributed by atoms with Gasteiger partial charge in [0.25, 0.3) is 0 Å². The van der Waals surface area contributed by atoms with Crippen LogP contribution >= 0.6 is 0 Å². The minimum absolute atomic E-state index is 0. The van der Waals surface area contributed by atoms with Crippen LogP contribution in [0.25, 0.3) is 49.9 Å². The van der Waals surface area contributed by atoms with Crippen molar-refractivity contribution in [1.82, 2.24) is 9.55 Å². The number of rotatable bonds is 7. The molecule has 0 spiro atoms. The number of nitrogens with zero attached hydrogens (tertiary/aromatic N) is 4. The van der Waals surface area contributed by atoms with Crippen molar-refractivity contribution in [3.05, 3.63) is 200 Å². The molecule has 3 heterocycles. The summed E-state index contributed by atoms with van der Waals surface area (Å²) in [6, 6.07) is 65.4. The minimum Gasteiger partial charge on any atom is -0.511 e. The fourth-order valence-electron chi connectivity index (χ4n) is 8.68. The molecule has 2 aromatic heterocycles. The topological polar surface area (TPSA) is 33.5 Å². The maximum atomic E-state index is 6.83. The van der Waals surface area contributed by atoms with Crippen molar-refractivity contribution in [3.63, 3.8) is 0 Å². The van der Waals surface area contributed by atoms with Gasteiger partial charge in [0.2, 0.25) is 0 Å². The van der Waals surface area contributed by atoms with Crippen LogP contribution in [0.2, 0.25) is 0 Å². The zero-order valence-electron chi connectivity index (χ0n) is 36.5. The Labute approximate surface area is 385 Å². The quantitative estimate of drug-likeness (QED) is 0.149. The number of anilines is 4. The van der Waals surface area contributed by atoms with Crippen molar-refractivity contribution < 1.29 is 25.8 Å². The molecule has 0 aliphatic carbocycles. The van der Waals surface area contributed by atoms with E-state index in [1.54, 1.807) is 0 Å². The number of benzene rings is 7. The van der Waals surface area contributed by atoms with Crippen LogP contribution in [-0.2, 0) is 31.9 Å². The molecule has 0 saturated heterocycles. The van der Waals surface area contributed by atoms with Crippen LogP contribution in [0.4, 0.5) is 22.7 Å². The van der Waals surface area contributed by atoms with Gasteiger partial charge in [0, 0.05) is 61.1 Å². The van der Waals surface area contributed by atoms with Gasteiger partial charge in [-0.1, -0.05) is 163 Å². The van der Waals surface area contributed by atoms with Crippen molar-refractivity contribution in [3.8, 4) is 39.6 Å². The molecule has 7 aromatic carbocycles. The summed E-state index contributed by atoms with van der Waals surface area (Å²) in [6.45, 7) is 16.3. The number of pyridine rings is 1. The Balaban J connectivity index is 0.00000504. The fraction of sp³-hybridized carbons (Fsp3) is 0.158. The van der Waals surface area contributed by atoms with Crippen LogP contribution in [0.5, 0.6) is 11.5 Å². The van der Waals surface area contributed by atoms with Crippen molar-refractivity contribution in [2.24, 2.45) is 0 Å². The normalized spacial score (nSPS) is 12.9. The van der Waals surface area contributed by atoms with Gasteiger partial charge in [0.15, 0.2) is 0 Å². The third kappa shape index (κ3) is 7.96. The average Bonchev–Trinajstić information content (AvgIpc) is 3.62. The summed E-state index contributed by atoms with van der Waals surface area (Å²) in [7, 11) is 0. The summed E-state index contributed by atoms with van der Waals surface area (Å²) in [5.74, 6) is 2.10. The largest absolute Gasteiger partial charge is 0.511 e. The molecular weight excluding hydrogens is 952 g/mol. The van der Waals surface area contributed by atoms with E-state index in [4.69, 9.17) is 9.72 Å². The zero-order valence-corrected chi connectivity index (χ0v) is 38.7. The molecule has 6 heteroatoms. The molecule has 0 saturated carbocycles. The van der Waals surface area contributed by atoms with Gasteiger partial charge in [-0.05, 0) is 63.2 Å². The summed E-state index contributed by atoms with van der Waals surface area (Å²) in [4.78, 5) is 9.61. The van der Waals surface area contributed by atoms with Crippen LogP contribution < -0.4 is 14.5 Å². The van der Waals surface area contributed by atoms with E-state index in [1.165, 1.54) is 33.5 Å². The van der Waals surface area contributed by atoms with E-state index in [2.05, 4.69) is 232 Å². The predicted molar refractivity (Wildman–Crippen MR) is 257 cm³/mol. The van der Waals surface area contributed by atoms with Gasteiger partial charge in [-0.2, -0.15) is 6.07 Å². The SMILES string of the molecule is CC(C)(C)c1cc(Oc2[c-]c3c(cc2)c2ccccc2n3-c2cc(C(C)(C)C)ccn2)[c-]c(N2[CH-]CN(c3c(-c4ccccc4)cccc3-c3ccccc3)c3ccccc32)c1.[Pt]. The maximum Gasteiger partial charge on any atom is 0.135 e. The summed E-state index contributed by atoms with van der Waals surface area (Å²) in [5.41, 5.74) is 13.2. The van der Waals surface area contributed by atoms with Gasteiger partial charge in [0.1, 0.15) is 5.82 Å². The molecule has 0 atom stereocenters. The van der Waals surface area contributed by atoms with Crippen LogP contribution in [0.15, 0.2) is 170 Å². The third-order valence-corrected chi connectivity index (χ3v) is 11.9. The maximum absolute atomic E-state index is 6.83. The Bertz CT molecular complexity index is 3030. The first kappa shape index (κ1) is 41.9. The number of hydrogen-bond donors (Lipinski definition) is 0. The van der Waals surface area contributed by atoms with E-state index in [1.807, 2.05) is 12.3 Å². The van der Waals surface area contributed by atoms with E-state index in [0.29, 0.717) is 18.0 Å². The summed E-state index contributed by atoms with van der Waals surface area (Å²) in [5, 5.41) is 2.24. The first-order valence-electron chi connectivity index (χ1n) is 21.4. The van der Waals surface area contributed by atoms with E-state index in [0.717, 1.165) is 50.2 Å². The summed E-state index contributed by atoms with van der Waals surface area (Å²) < 4.78 is 9.04. The van der Waals surface area contributed by atoms with Crippen LogP contribution in [0.1, 0.15) is 52.7 Å². The monoisotopic (exact) mass is 1000 g/mol. The average molecular weight is 1000 g/mol. The van der Waals surface area contributed by atoms with Gasteiger partial charge < -0.3 is 19.1 Å². The second kappa shape index (κ2) is 16.7. The predicted octanol–water partition coefficient (Wildman–Crippen LogP) is 14.9. The van der Waals surface area contributed by atoms with Gasteiger partial charge in [-0.25, -0.2) is 11.5 Å². The summed E-state index contributed by atoms with van der Waals surface area (Å²) >= 11 is 0. The molecule has 0 fully saturated rings. The Morgan fingerprint density at radius 2 is 1.21 bits per heavy atom. The van der Waals surface area contributed by atoms with Gasteiger partial charge in [-0.3, -0.25) is 0 Å². The van der Waals surface area contributed by atoms with E-state index >= 15 is 0 Å². The number of para-hydroxylation sites is 4. The molecule has 0 unspecified atom stereocenters.